The van der Waals surface area contributed by atoms with E-state index in [1.807, 2.05) is 45.0 Å². The zero-order chi connectivity index (χ0) is 20.1. The van der Waals surface area contributed by atoms with Gasteiger partial charge >= 0.3 is 6.09 Å². The second kappa shape index (κ2) is 8.50. The summed E-state index contributed by atoms with van der Waals surface area (Å²) in [5.41, 5.74) is 0.396. The largest absolute Gasteiger partial charge is 0.493 e. The summed E-state index contributed by atoms with van der Waals surface area (Å²) in [5, 5.41) is 0. The summed E-state index contributed by atoms with van der Waals surface area (Å²) in [6, 6.07) is 11.0. The SMILES string of the molecule is CC(C)(C)OC(=O)N1CCC(COc2cccc(-c3ccc(C=O)o3)c2)CC1. The zero-order valence-corrected chi connectivity index (χ0v) is 16.6. The van der Waals surface area contributed by atoms with Crippen LogP contribution in [0.15, 0.2) is 40.8 Å². The summed E-state index contributed by atoms with van der Waals surface area (Å²) in [7, 11) is 0. The molecule has 1 amide bonds. The van der Waals surface area contributed by atoms with E-state index in [0.717, 1.165) is 24.2 Å². The molecule has 0 unspecified atom stereocenters. The maximum absolute atomic E-state index is 12.1. The van der Waals surface area contributed by atoms with Crippen LogP contribution in [0.3, 0.4) is 0 Å². The van der Waals surface area contributed by atoms with Crippen molar-refractivity contribution in [2.45, 2.75) is 39.2 Å². The molecule has 0 saturated carbocycles. The van der Waals surface area contributed by atoms with Gasteiger partial charge in [0.1, 0.15) is 17.1 Å². The number of hydrogen-bond donors (Lipinski definition) is 0. The van der Waals surface area contributed by atoms with Crippen molar-refractivity contribution in [2.75, 3.05) is 19.7 Å². The molecule has 1 aromatic heterocycles. The summed E-state index contributed by atoms with van der Waals surface area (Å²) < 4.78 is 16.9. The van der Waals surface area contributed by atoms with E-state index in [-0.39, 0.29) is 6.09 Å². The molecule has 2 heterocycles. The molecule has 1 saturated heterocycles. The summed E-state index contributed by atoms with van der Waals surface area (Å²) in [5.74, 6) is 2.10. The van der Waals surface area contributed by atoms with Crippen LogP contribution in [0.4, 0.5) is 4.79 Å². The van der Waals surface area contributed by atoms with Gasteiger partial charge in [-0.25, -0.2) is 4.79 Å². The van der Waals surface area contributed by atoms with Gasteiger partial charge in [-0.3, -0.25) is 4.79 Å². The Balaban J connectivity index is 1.50. The molecular weight excluding hydrogens is 358 g/mol. The van der Waals surface area contributed by atoms with E-state index in [1.165, 1.54) is 0 Å². The molecule has 0 spiro atoms. The molecule has 0 radical (unpaired) electrons. The fourth-order valence-corrected chi connectivity index (χ4v) is 3.13. The Bertz CT molecular complexity index is 812. The third-order valence-corrected chi connectivity index (χ3v) is 4.61. The lowest BCUT2D eigenvalue weighted by molar-refractivity contribution is 0.0165. The second-order valence-corrected chi connectivity index (χ2v) is 8.07. The minimum Gasteiger partial charge on any atom is -0.493 e. The third-order valence-electron chi connectivity index (χ3n) is 4.61. The minimum absolute atomic E-state index is 0.243. The molecule has 28 heavy (non-hydrogen) atoms. The van der Waals surface area contributed by atoms with E-state index in [4.69, 9.17) is 13.9 Å². The molecule has 1 aliphatic rings. The number of piperidine rings is 1. The smallest absolute Gasteiger partial charge is 0.410 e. The van der Waals surface area contributed by atoms with Gasteiger partial charge in [-0.1, -0.05) is 12.1 Å². The molecule has 6 heteroatoms. The molecule has 2 aromatic rings. The predicted molar refractivity (Wildman–Crippen MR) is 106 cm³/mol. The molecule has 6 nitrogen and oxygen atoms in total. The number of amides is 1. The van der Waals surface area contributed by atoms with Gasteiger partial charge in [0.2, 0.25) is 0 Å². The highest BCUT2D eigenvalue weighted by Gasteiger charge is 2.27. The Morgan fingerprint density at radius 1 is 1.21 bits per heavy atom. The standard InChI is InChI=1S/C22H27NO5/c1-22(2,3)28-21(25)23-11-9-16(10-12-23)15-26-18-6-4-5-17(13-18)20-8-7-19(14-24)27-20/h4-8,13-14,16H,9-12,15H2,1-3H3. The fraction of sp³-hybridized carbons (Fsp3) is 0.455. The first kappa shape index (κ1) is 20.0. The van der Waals surface area contributed by atoms with Crippen molar-refractivity contribution in [3.05, 3.63) is 42.2 Å². The Labute approximate surface area is 165 Å². The van der Waals surface area contributed by atoms with Crippen LogP contribution >= 0.6 is 0 Å². The van der Waals surface area contributed by atoms with E-state index >= 15 is 0 Å². The number of carbonyl (C=O) groups excluding carboxylic acids is 2. The van der Waals surface area contributed by atoms with Crippen LogP contribution in [0.25, 0.3) is 11.3 Å². The molecule has 1 aliphatic heterocycles. The monoisotopic (exact) mass is 385 g/mol. The highest BCUT2D eigenvalue weighted by molar-refractivity contribution is 5.73. The van der Waals surface area contributed by atoms with Gasteiger partial charge in [-0.2, -0.15) is 0 Å². The van der Waals surface area contributed by atoms with E-state index < -0.39 is 5.60 Å². The first-order valence-electron chi connectivity index (χ1n) is 9.60. The molecule has 150 valence electrons. The van der Waals surface area contributed by atoms with Crippen LogP contribution in [0, 0.1) is 5.92 Å². The summed E-state index contributed by atoms with van der Waals surface area (Å²) >= 11 is 0. The fourth-order valence-electron chi connectivity index (χ4n) is 3.13. The lowest BCUT2D eigenvalue weighted by Crippen LogP contribution is -2.42. The topological polar surface area (TPSA) is 69.0 Å². The summed E-state index contributed by atoms with van der Waals surface area (Å²) in [4.78, 5) is 24.7. The van der Waals surface area contributed by atoms with Crippen LogP contribution in [-0.4, -0.2) is 42.6 Å². The van der Waals surface area contributed by atoms with Crippen molar-refractivity contribution >= 4 is 12.4 Å². The highest BCUT2D eigenvalue weighted by atomic mass is 16.6. The summed E-state index contributed by atoms with van der Waals surface area (Å²) in [6.45, 7) is 7.60. The Morgan fingerprint density at radius 2 is 1.96 bits per heavy atom. The van der Waals surface area contributed by atoms with Gasteiger partial charge in [-0.15, -0.1) is 0 Å². The number of carbonyl (C=O) groups is 2. The number of furan rings is 1. The number of benzene rings is 1. The van der Waals surface area contributed by atoms with Crippen LogP contribution in [-0.2, 0) is 4.74 Å². The number of aldehydes is 1. The van der Waals surface area contributed by atoms with E-state index in [0.29, 0.717) is 43.4 Å². The van der Waals surface area contributed by atoms with Gasteiger partial charge in [0, 0.05) is 18.7 Å². The predicted octanol–water partition coefficient (Wildman–Crippen LogP) is 4.79. The number of hydrogen-bond acceptors (Lipinski definition) is 5. The maximum atomic E-state index is 12.1. The van der Waals surface area contributed by atoms with Crippen molar-refractivity contribution in [2.24, 2.45) is 5.92 Å². The molecule has 3 rings (SSSR count). The normalized spacial score (nSPS) is 15.3. The molecule has 0 bridgehead atoms. The second-order valence-electron chi connectivity index (χ2n) is 8.07. The van der Waals surface area contributed by atoms with E-state index in [2.05, 4.69) is 0 Å². The van der Waals surface area contributed by atoms with E-state index in [9.17, 15) is 9.59 Å². The Morgan fingerprint density at radius 3 is 2.61 bits per heavy atom. The molecule has 0 aliphatic carbocycles. The number of ether oxygens (including phenoxy) is 2. The van der Waals surface area contributed by atoms with Crippen molar-refractivity contribution in [3.8, 4) is 17.1 Å². The Kier molecular flexibility index (Phi) is 6.07. The minimum atomic E-state index is -0.470. The van der Waals surface area contributed by atoms with Gasteiger partial charge in [-0.05, 0) is 63.8 Å². The zero-order valence-electron chi connectivity index (χ0n) is 16.6. The van der Waals surface area contributed by atoms with Crippen molar-refractivity contribution in [3.63, 3.8) is 0 Å². The maximum Gasteiger partial charge on any atom is 0.410 e. The number of rotatable bonds is 5. The first-order chi connectivity index (χ1) is 13.3. The molecular formula is C22H27NO5. The van der Waals surface area contributed by atoms with Crippen molar-refractivity contribution < 1.29 is 23.5 Å². The van der Waals surface area contributed by atoms with Crippen molar-refractivity contribution in [1.29, 1.82) is 0 Å². The van der Waals surface area contributed by atoms with Gasteiger partial charge in [0.05, 0.1) is 6.61 Å². The van der Waals surface area contributed by atoms with Crippen LogP contribution in [0.1, 0.15) is 44.2 Å². The van der Waals surface area contributed by atoms with Crippen LogP contribution < -0.4 is 4.74 Å². The number of likely N-dealkylation sites (tertiary alicyclic amines) is 1. The van der Waals surface area contributed by atoms with Gasteiger partial charge < -0.3 is 18.8 Å². The summed E-state index contributed by atoms with van der Waals surface area (Å²) in [6.07, 6.45) is 2.22. The third kappa shape index (κ3) is 5.38. The van der Waals surface area contributed by atoms with Crippen LogP contribution in [0.2, 0.25) is 0 Å². The first-order valence-corrected chi connectivity index (χ1v) is 9.60. The van der Waals surface area contributed by atoms with Crippen LogP contribution in [0.5, 0.6) is 5.75 Å². The Hall–Kier alpha value is -2.76. The lowest BCUT2D eigenvalue weighted by Gasteiger charge is -2.33. The average Bonchev–Trinajstić information content (AvgIpc) is 3.15. The van der Waals surface area contributed by atoms with Crippen molar-refractivity contribution in [1.82, 2.24) is 4.90 Å². The molecule has 1 aromatic carbocycles. The highest BCUT2D eigenvalue weighted by Crippen LogP contribution is 2.27. The lowest BCUT2D eigenvalue weighted by atomic mass is 9.98. The quantitative estimate of drug-likeness (QED) is 0.693. The average molecular weight is 385 g/mol. The van der Waals surface area contributed by atoms with Gasteiger partial charge in [0.15, 0.2) is 12.0 Å². The molecule has 0 N–H and O–H groups in total. The van der Waals surface area contributed by atoms with E-state index in [1.54, 1.807) is 17.0 Å². The molecule has 1 fully saturated rings. The number of nitrogens with zero attached hydrogens (tertiary/aromatic N) is 1. The van der Waals surface area contributed by atoms with Gasteiger partial charge in [0.25, 0.3) is 0 Å². The molecule has 0 atom stereocenters.